The highest BCUT2D eigenvalue weighted by Crippen LogP contribution is 2.44. The van der Waals surface area contributed by atoms with E-state index >= 15 is 0 Å². The van der Waals surface area contributed by atoms with Crippen LogP contribution in [-0.2, 0) is 31.7 Å². The average Bonchev–Trinajstić information content (AvgIpc) is 3.90. The first-order chi connectivity index (χ1) is 30.4. The van der Waals surface area contributed by atoms with Crippen LogP contribution in [-0.4, -0.2) is 22.4 Å². The molecule has 10 aromatic rings. The SMILES string of the molecule is Cc1ccc(S(=O)(=O)n2c3ccc(-c4cc(C(C)(C)C)cc5c4[nH]c4ccc(C(C)(C)C)cc45)cc3c3cc(-c4cc(C(C)(C)C)cc5c4[nH]c4ccc(C(C)(C)C)cc45)ccc32)cc1. The number of nitrogens with zero attached hydrogens (tertiary/aromatic N) is 1. The Kier molecular flexibility index (Phi) is 9.35. The van der Waals surface area contributed by atoms with E-state index in [1.807, 2.05) is 31.2 Å². The minimum Gasteiger partial charge on any atom is -0.354 e. The molecule has 0 radical (unpaired) electrons. The molecule has 330 valence electrons. The van der Waals surface area contributed by atoms with Crippen molar-refractivity contribution in [1.82, 2.24) is 13.9 Å². The maximum atomic E-state index is 15.0. The van der Waals surface area contributed by atoms with E-state index in [0.717, 1.165) is 60.7 Å². The van der Waals surface area contributed by atoms with Crippen LogP contribution < -0.4 is 0 Å². The van der Waals surface area contributed by atoms with Crippen LogP contribution in [0.3, 0.4) is 0 Å². The van der Waals surface area contributed by atoms with Gasteiger partial charge in [-0.3, -0.25) is 0 Å². The van der Waals surface area contributed by atoms with Crippen LogP contribution in [0.2, 0.25) is 0 Å². The first kappa shape index (κ1) is 42.8. The normalized spacial score (nSPS) is 13.4. The second-order valence-electron chi connectivity index (χ2n) is 22.7. The van der Waals surface area contributed by atoms with Crippen molar-refractivity contribution in [2.24, 2.45) is 0 Å². The van der Waals surface area contributed by atoms with Gasteiger partial charge in [0.2, 0.25) is 0 Å². The smallest absolute Gasteiger partial charge is 0.268 e. The zero-order valence-corrected chi connectivity index (χ0v) is 41.0. The number of benzene rings is 7. The van der Waals surface area contributed by atoms with Crippen LogP contribution in [0, 0.1) is 6.92 Å². The molecule has 5 nitrogen and oxygen atoms in total. The molecule has 0 unspecified atom stereocenters. The summed E-state index contributed by atoms with van der Waals surface area (Å²) in [6.45, 7) is 29.2. The second-order valence-corrected chi connectivity index (χ2v) is 24.5. The lowest BCUT2D eigenvalue weighted by atomic mass is 9.83. The van der Waals surface area contributed by atoms with Gasteiger partial charge in [-0.05, 0) is 147 Å². The lowest BCUT2D eigenvalue weighted by Gasteiger charge is -2.21. The second kappa shape index (κ2) is 14.2. The van der Waals surface area contributed by atoms with E-state index in [2.05, 4.69) is 178 Å². The lowest BCUT2D eigenvalue weighted by molar-refractivity contribution is 0.589. The molecule has 0 amide bonds. The van der Waals surface area contributed by atoms with Gasteiger partial charge in [-0.2, -0.15) is 0 Å². The Morgan fingerprint density at radius 3 is 1.17 bits per heavy atom. The predicted octanol–water partition coefficient (Wildman–Crippen LogP) is 16.1. The number of fused-ring (bicyclic) bond motifs is 9. The predicted molar refractivity (Wildman–Crippen MR) is 278 cm³/mol. The van der Waals surface area contributed by atoms with E-state index < -0.39 is 10.0 Å². The van der Waals surface area contributed by atoms with Gasteiger partial charge < -0.3 is 9.97 Å². The third kappa shape index (κ3) is 7.07. The van der Waals surface area contributed by atoms with E-state index in [1.165, 1.54) is 43.8 Å². The number of aromatic amines is 2. The number of rotatable bonds is 4. The van der Waals surface area contributed by atoms with Gasteiger partial charge in [0.1, 0.15) is 0 Å². The zero-order valence-electron chi connectivity index (χ0n) is 40.2. The number of aromatic nitrogens is 3. The summed E-state index contributed by atoms with van der Waals surface area (Å²) >= 11 is 0. The molecule has 65 heavy (non-hydrogen) atoms. The molecule has 10 rings (SSSR count). The van der Waals surface area contributed by atoms with Crippen LogP contribution in [0.1, 0.15) is 111 Å². The van der Waals surface area contributed by atoms with Crippen molar-refractivity contribution in [2.45, 2.75) is 117 Å². The maximum absolute atomic E-state index is 15.0. The quantitative estimate of drug-likeness (QED) is 0.185. The van der Waals surface area contributed by atoms with Crippen molar-refractivity contribution in [2.75, 3.05) is 0 Å². The van der Waals surface area contributed by atoms with Gasteiger partial charge in [0, 0.05) is 54.5 Å². The number of nitrogens with one attached hydrogen (secondary N) is 2. The van der Waals surface area contributed by atoms with E-state index in [1.54, 1.807) is 16.1 Å². The highest BCUT2D eigenvalue weighted by molar-refractivity contribution is 7.90. The van der Waals surface area contributed by atoms with E-state index in [9.17, 15) is 8.42 Å². The van der Waals surface area contributed by atoms with Crippen molar-refractivity contribution in [1.29, 1.82) is 0 Å². The van der Waals surface area contributed by atoms with Crippen LogP contribution in [0.25, 0.3) is 87.7 Å². The Balaban J connectivity index is 1.27. The largest absolute Gasteiger partial charge is 0.354 e. The highest BCUT2D eigenvalue weighted by Gasteiger charge is 2.27. The van der Waals surface area contributed by atoms with Gasteiger partial charge in [0.15, 0.2) is 0 Å². The molecule has 0 atom stereocenters. The van der Waals surface area contributed by atoms with Crippen molar-refractivity contribution in [3.63, 3.8) is 0 Å². The average molecular weight is 876 g/mol. The zero-order chi connectivity index (χ0) is 46.3. The minimum atomic E-state index is -4.00. The molecule has 3 aromatic heterocycles. The Labute approximate surface area is 383 Å². The number of hydrogen-bond donors (Lipinski definition) is 2. The summed E-state index contributed by atoms with van der Waals surface area (Å²) in [5.41, 5.74) is 15.7. The summed E-state index contributed by atoms with van der Waals surface area (Å²) in [5, 5.41) is 6.56. The molecule has 0 aliphatic carbocycles. The van der Waals surface area contributed by atoms with Gasteiger partial charge in [0.25, 0.3) is 10.0 Å². The number of hydrogen-bond acceptors (Lipinski definition) is 2. The third-order valence-corrected chi connectivity index (χ3v) is 15.5. The molecule has 6 heteroatoms. The fourth-order valence-electron chi connectivity index (χ4n) is 9.65. The Morgan fingerprint density at radius 2 is 0.785 bits per heavy atom. The molecule has 0 fully saturated rings. The fraction of sp³-hybridized carbons (Fsp3) is 0.288. The molecule has 0 bridgehead atoms. The Morgan fingerprint density at radius 1 is 0.400 bits per heavy atom. The van der Waals surface area contributed by atoms with Crippen molar-refractivity contribution >= 4 is 75.4 Å². The van der Waals surface area contributed by atoms with Gasteiger partial charge in [-0.1, -0.05) is 125 Å². The van der Waals surface area contributed by atoms with Crippen molar-refractivity contribution < 1.29 is 8.42 Å². The molecule has 0 aliphatic heterocycles. The third-order valence-electron chi connectivity index (χ3n) is 13.8. The molecule has 0 saturated carbocycles. The highest BCUT2D eigenvalue weighted by atomic mass is 32.2. The Hall–Kier alpha value is -6.11. The molecule has 3 heterocycles. The van der Waals surface area contributed by atoms with Gasteiger partial charge in [0.05, 0.1) is 27.0 Å². The van der Waals surface area contributed by atoms with E-state index in [0.29, 0.717) is 11.0 Å². The lowest BCUT2D eigenvalue weighted by Crippen LogP contribution is -2.12. The molecule has 7 aromatic carbocycles. The first-order valence-corrected chi connectivity index (χ1v) is 24.4. The summed E-state index contributed by atoms with van der Waals surface area (Å²) in [4.78, 5) is 7.91. The summed E-state index contributed by atoms with van der Waals surface area (Å²) < 4.78 is 31.5. The van der Waals surface area contributed by atoms with Crippen LogP contribution in [0.15, 0.2) is 126 Å². The van der Waals surface area contributed by atoms with E-state index in [-0.39, 0.29) is 26.6 Å². The van der Waals surface area contributed by atoms with Crippen LogP contribution in [0.4, 0.5) is 0 Å². The van der Waals surface area contributed by atoms with Gasteiger partial charge in [-0.25, -0.2) is 12.4 Å². The molecule has 0 saturated heterocycles. The standard InChI is InChI=1S/C59H61N3O2S/c1-34-14-20-41(21-15-34)65(63,64)62-52-24-16-35(42-30-39(58(8,9)10)32-48-44-28-37(56(2,3)4)18-22-50(44)60-54(42)48)26-46(52)47-27-36(17-25-53(47)62)43-31-40(59(11,12)13)33-49-45-29-38(57(5,6)7)19-23-51(45)61-55(43)49/h14-33,60-61H,1-13H3. The molecule has 0 spiro atoms. The van der Waals surface area contributed by atoms with Gasteiger partial charge in [-0.15, -0.1) is 0 Å². The summed E-state index contributed by atoms with van der Waals surface area (Å²) in [5.74, 6) is 0. The van der Waals surface area contributed by atoms with Crippen molar-refractivity contribution in [3.8, 4) is 22.3 Å². The molecular weight excluding hydrogens is 815 g/mol. The van der Waals surface area contributed by atoms with Gasteiger partial charge >= 0.3 is 0 Å². The van der Waals surface area contributed by atoms with Crippen molar-refractivity contribution in [3.05, 3.63) is 149 Å². The summed E-state index contributed by atoms with van der Waals surface area (Å²) in [6, 6.07) is 42.8. The topological polar surface area (TPSA) is 70.7 Å². The molecular formula is C59H61N3O2S. The van der Waals surface area contributed by atoms with E-state index in [4.69, 9.17) is 0 Å². The summed E-state index contributed by atoms with van der Waals surface area (Å²) in [6.07, 6.45) is 0. The molecule has 0 aliphatic rings. The first-order valence-electron chi connectivity index (χ1n) is 23.0. The number of aryl methyl sites for hydroxylation is 1. The van der Waals surface area contributed by atoms with Crippen LogP contribution in [0.5, 0.6) is 0 Å². The summed E-state index contributed by atoms with van der Waals surface area (Å²) in [7, 11) is -4.00. The fourth-order valence-corrected chi connectivity index (χ4v) is 11.2. The Bertz CT molecular complexity index is 3490. The number of H-pyrrole nitrogens is 2. The monoisotopic (exact) mass is 875 g/mol. The van der Waals surface area contributed by atoms with Crippen LogP contribution >= 0.6 is 0 Å². The maximum Gasteiger partial charge on any atom is 0.268 e. The molecule has 2 N–H and O–H groups in total. The minimum absolute atomic E-state index is 0.00322.